The van der Waals surface area contributed by atoms with E-state index in [1.807, 2.05) is 0 Å². The molecule has 0 atom stereocenters. The number of thiophene rings is 1. The quantitative estimate of drug-likeness (QED) is 0.727. The number of alkyl halides is 3. The van der Waals surface area contributed by atoms with E-state index in [1.165, 1.54) is 6.07 Å². The first-order valence-corrected chi connectivity index (χ1v) is 4.87. The summed E-state index contributed by atoms with van der Waals surface area (Å²) in [6, 6.07) is 1.49. The highest BCUT2D eigenvalue weighted by Gasteiger charge is 2.38. The van der Waals surface area contributed by atoms with Crippen molar-refractivity contribution in [3.8, 4) is 0 Å². The summed E-state index contributed by atoms with van der Waals surface area (Å²) in [5.41, 5.74) is 0.604. The van der Waals surface area contributed by atoms with Crippen molar-refractivity contribution in [2.75, 3.05) is 0 Å². The van der Waals surface area contributed by atoms with Gasteiger partial charge in [0.2, 0.25) is 0 Å². The zero-order valence-electron chi connectivity index (χ0n) is 8.22. The van der Waals surface area contributed by atoms with E-state index < -0.39 is 18.1 Å². The van der Waals surface area contributed by atoms with Crippen LogP contribution >= 0.6 is 11.3 Å². The minimum atomic E-state index is -5.08. The number of aliphatic carboxylic acids is 1. The molecule has 0 bridgehead atoms. The van der Waals surface area contributed by atoms with E-state index in [1.54, 1.807) is 0 Å². The molecule has 2 aromatic rings. The maximum atomic E-state index is 10.6. The Hall–Kier alpha value is -2.17. The predicted octanol–water partition coefficient (Wildman–Crippen LogP) is 1.35. The largest absolute Gasteiger partial charge is 0.490 e. The van der Waals surface area contributed by atoms with Gasteiger partial charge >= 0.3 is 18.1 Å². The molecular formula is C7H4F3N3O4S. The second-order valence-electron chi connectivity index (χ2n) is 2.73. The summed E-state index contributed by atoms with van der Waals surface area (Å²) >= 11 is 1.11. The molecule has 0 saturated heterocycles. The van der Waals surface area contributed by atoms with Crippen LogP contribution in [0.2, 0.25) is 0 Å². The lowest BCUT2D eigenvalue weighted by Gasteiger charge is -1.93. The molecule has 2 heterocycles. The van der Waals surface area contributed by atoms with E-state index in [9.17, 15) is 18.0 Å². The second-order valence-corrected chi connectivity index (χ2v) is 3.76. The van der Waals surface area contributed by atoms with Crippen molar-refractivity contribution in [2.45, 2.75) is 6.18 Å². The van der Waals surface area contributed by atoms with E-state index in [4.69, 9.17) is 15.0 Å². The number of hydrogen-bond donors (Lipinski definition) is 3. The molecule has 0 aromatic carbocycles. The van der Waals surface area contributed by atoms with Crippen molar-refractivity contribution < 1.29 is 33.0 Å². The molecule has 3 N–H and O–H groups in total. The number of aromatic carboxylic acids is 1. The van der Waals surface area contributed by atoms with E-state index in [0.717, 1.165) is 11.3 Å². The minimum Gasteiger partial charge on any atom is -0.477 e. The summed E-state index contributed by atoms with van der Waals surface area (Å²) in [5, 5.41) is 25.5. The summed E-state index contributed by atoms with van der Waals surface area (Å²) in [6.07, 6.45) is -5.08. The van der Waals surface area contributed by atoms with E-state index in [-0.39, 0.29) is 4.88 Å². The number of carboxylic acids is 2. The molecular weight excluding hydrogens is 279 g/mol. The fourth-order valence-electron chi connectivity index (χ4n) is 0.762. The van der Waals surface area contributed by atoms with Crippen LogP contribution in [0.5, 0.6) is 0 Å². The van der Waals surface area contributed by atoms with Gasteiger partial charge in [0, 0.05) is 0 Å². The molecule has 11 heteroatoms. The molecule has 0 amide bonds. The number of aromatic nitrogens is 3. The number of aromatic amines is 1. The molecule has 98 valence electrons. The van der Waals surface area contributed by atoms with Gasteiger partial charge in [0.1, 0.15) is 10.4 Å². The monoisotopic (exact) mass is 283 g/mol. The van der Waals surface area contributed by atoms with Crippen molar-refractivity contribution >= 4 is 33.6 Å². The molecule has 7 nitrogen and oxygen atoms in total. The summed E-state index contributed by atoms with van der Waals surface area (Å²) in [4.78, 5) is 20.2. The fourth-order valence-corrected chi connectivity index (χ4v) is 1.52. The highest BCUT2D eigenvalue weighted by molar-refractivity contribution is 7.20. The Balaban J connectivity index is 0.000000203. The van der Waals surface area contributed by atoms with Crippen LogP contribution in [0.3, 0.4) is 0 Å². The molecule has 18 heavy (non-hydrogen) atoms. The van der Waals surface area contributed by atoms with Gasteiger partial charge in [-0.05, 0) is 6.07 Å². The molecule has 0 aliphatic carbocycles. The van der Waals surface area contributed by atoms with E-state index in [0.29, 0.717) is 10.3 Å². The lowest BCUT2D eigenvalue weighted by Crippen LogP contribution is -2.21. The third-order valence-electron chi connectivity index (χ3n) is 1.47. The zero-order chi connectivity index (χ0) is 13.9. The summed E-state index contributed by atoms with van der Waals surface area (Å²) in [6.45, 7) is 0. The Morgan fingerprint density at radius 1 is 1.28 bits per heavy atom. The number of nitrogens with one attached hydrogen (secondary N) is 1. The smallest absolute Gasteiger partial charge is 0.477 e. The number of hydrogen-bond acceptors (Lipinski definition) is 5. The number of carboxylic acid groups (broad SMARTS) is 2. The van der Waals surface area contributed by atoms with Gasteiger partial charge in [-0.1, -0.05) is 0 Å². The standard InChI is InChI=1S/C5H3N3O2S.C2HF3O2/c9-5(10)3-1-2-4(11-3)7-8-6-2;3-2(4,5)1(6)7/h1H,(H,9,10)(H,6,7,8);(H,6,7). The van der Waals surface area contributed by atoms with Crippen LogP contribution in [0, 0.1) is 0 Å². The molecule has 2 rings (SSSR count). The summed E-state index contributed by atoms with van der Waals surface area (Å²) in [7, 11) is 0. The molecule has 0 unspecified atom stereocenters. The molecule has 0 saturated carbocycles. The first-order valence-electron chi connectivity index (χ1n) is 4.05. The van der Waals surface area contributed by atoms with Crippen molar-refractivity contribution in [1.82, 2.24) is 15.4 Å². The molecule has 0 aliphatic heterocycles. The summed E-state index contributed by atoms with van der Waals surface area (Å²) in [5.74, 6) is -3.69. The topological polar surface area (TPSA) is 116 Å². The first-order chi connectivity index (χ1) is 8.21. The number of H-pyrrole nitrogens is 1. The molecule has 2 aromatic heterocycles. The Labute approximate surface area is 99.8 Å². The lowest BCUT2D eigenvalue weighted by atomic mass is 10.4. The molecule has 0 fully saturated rings. The van der Waals surface area contributed by atoms with Crippen LogP contribution in [0.4, 0.5) is 13.2 Å². The van der Waals surface area contributed by atoms with Gasteiger partial charge in [-0.15, -0.1) is 16.4 Å². The third kappa shape index (κ3) is 3.41. The maximum absolute atomic E-state index is 10.6. The van der Waals surface area contributed by atoms with Crippen LogP contribution in [-0.4, -0.2) is 43.7 Å². The number of carbonyl (C=O) groups is 2. The van der Waals surface area contributed by atoms with Crippen molar-refractivity contribution in [1.29, 1.82) is 0 Å². The third-order valence-corrected chi connectivity index (χ3v) is 2.48. The fraction of sp³-hybridized carbons (Fsp3) is 0.143. The Morgan fingerprint density at radius 2 is 1.83 bits per heavy atom. The van der Waals surface area contributed by atoms with E-state index in [2.05, 4.69) is 15.4 Å². The normalized spacial score (nSPS) is 10.8. The lowest BCUT2D eigenvalue weighted by molar-refractivity contribution is -0.192. The first kappa shape index (κ1) is 13.9. The second kappa shape index (κ2) is 5.00. The highest BCUT2D eigenvalue weighted by atomic mass is 32.1. The van der Waals surface area contributed by atoms with Crippen molar-refractivity contribution in [3.63, 3.8) is 0 Å². The summed E-state index contributed by atoms with van der Waals surface area (Å²) < 4.78 is 31.7. The van der Waals surface area contributed by atoms with E-state index >= 15 is 0 Å². The van der Waals surface area contributed by atoms with Crippen LogP contribution in [0.15, 0.2) is 6.07 Å². The van der Waals surface area contributed by atoms with Crippen LogP contribution in [-0.2, 0) is 4.79 Å². The van der Waals surface area contributed by atoms with Crippen molar-refractivity contribution in [2.24, 2.45) is 0 Å². The average molecular weight is 283 g/mol. The van der Waals surface area contributed by atoms with Gasteiger partial charge in [-0.25, -0.2) is 9.59 Å². The van der Waals surface area contributed by atoms with Crippen LogP contribution in [0.25, 0.3) is 10.3 Å². The number of nitrogens with zero attached hydrogens (tertiary/aromatic N) is 2. The molecule has 0 spiro atoms. The number of fused-ring (bicyclic) bond motifs is 1. The van der Waals surface area contributed by atoms with Gasteiger partial charge in [0.15, 0.2) is 4.83 Å². The highest BCUT2D eigenvalue weighted by Crippen LogP contribution is 2.20. The van der Waals surface area contributed by atoms with Crippen LogP contribution in [0.1, 0.15) is 9.67 Å². The van der Waals surface area contributed by atoms with Crippen LogP contribution < -0.4 is 0 Å². The van der Waals surface area contributed by atoms with Gasteiger partial charge in [0.05, 0.1) is 0 Å². The average Bonchev–Trinajstić information content (AvgIpc) is 2.74. The number of rotatable bonds is 1. The molecule has 0 aliphatic rings. The SMILES string of the molecule is O=C(O)C(F)(F)F.O=C(O)c1cc2n[nH]nc2s1. The van der Waals surface area contributed by atoms with Gasteiger partial charge in [0.25, 0.3) is 0 Å². The van der Waals surface area contributed by atoms with Gasteiger partial charge in [-0.2, -0.15) is 23.5 Å². The zero-order valence-corrected chi connectivity index (χ0v) is 9.04. The molecule has 0 radical (unpaired) electrons. The Morgan fingerprint density at radius 3 is 2.22 bits per heavy atom. The Kier molecular flexibility index (Phi) is 3.86. The van der Waals surface area contributed by atoms with Gasteiger partial charge in [-0.3, -0.25) is 0 Å². The number of halogens is 3. The van der Waals surface area contributed by atoms with Crippen molar-refractivity contribution in [3.05, 3.63) is 10.9 Å². The Bertz CT molecular complexity index is 547. The minimum absolute atomic E-state index is 0.268. The maximum Gasteiger partial charge on any atom is 0.490 e. The van der Waals surface area contributed by atoms with Gasteiger partial charge < -0.3 is 10.2 Å². The predicted molar refractivity (Wildman–Crippen MR) is 52.4 cm³/mol.